The van der Waals surface area contributed by atoms with Gasteiger partial charge in [-0.1, -0.05) is 91.3 Å². The number of nitrogens with zero attached hydrogens (tertiary/aromatic N) is 1. The Hall–Kier alpha value is -6.81. The number of phenols is 1. The molecular formula is C77H109NO18S2. The summed E-state index contributed by atoms with van der Waals surface area (Å²) in [5.41, 5.74) is -1.82. The summed E-state index contributed by atoms with van der Waals surface area (Å²) in [7, 11) is -4.80. The Bertz CT molecular complexity index is 3300. The molecule has 98 heavy (non-hydrogen) atoms. The fourth-order valence-electron chi connectivity index (χ4n) is 11.7. The van der Waals surface area contributed by atoms with Gasteiger partial charge in [-0.2, -0.15) is 0 Å². The van der Waals surface area contributed by atoms with E-state index in [9.17, 15) is 51.6 Å². The molecule has 6 fully saturated rings. The predicted molar refractivity (Wildman–Crippen MR) is 375 cm³/mol. The smallest absolute Gasteiger partial charge is 0.349 e. The zero-order chi connectivity index (χ0) is 72.9. The van der Waals surface area contributed by atoms with Gasteiger partial charge in [0.2, 0.25) is 0 Å². The minimum Gasteiger partial charge on any atom is -0.748 e. The lowest BCUT2D eigenvalue weighted by molar-refractivity contribution is -0.183. The van der Waals surface area contributed by atoms with E-state index in [0.29, 0.717) is 48.7 Å². The SMILES string of the molecule is CCC(C)(C)C(=O)OC1COC(=O)C1.CCC(C)(C)C(=O)OCC(=O)Oc1ccc([S+](c2ccccc2)c2ccccc2)cc1.CCC(C)(C)C(=O)OCCN1CCCCC1.CCC(C)(C)C(=O)Oc1ccc(O)c(C(C)(C)C)c1.O=C(CS(=O)(=O)[O-])OC12CC3CC(CC(C3)C1)C2. The molecule has 4 bridgehead atoms. The lowest BCUT2D eigenvalue weighted by Gasteiger charge is -2.55. The molecule has 6 aliphatic rings. The maximum Gasteiger partial charge on any atom is 0.349 e. The molecule has 10 rings (SSSR count). The second-order valence-corrected chi connectivity index (χ2v) is 33.4. The molecule has 4 aromatic rings. The number of aromatic hydroxyl groups is 1. The van der Waals surface area contributed by atoms with Crippen molar-refractivity contribution in [3.05, 3.63) is 109 Å². The highest BCUT2D eigenvalue weighted by Gasteiger charge is 2.53. The Morgan fingerprint density at radius 3 is 1.51 bits per heavy atom. The van der Waals surface area contributed by atoms with E-state index in [4.69, 9.17) is 33.2 Å². The summed E-state index contributed by atoms with van der Waals surface area (Å²) in [6, 6.07) is 33.1. The van der Waals surface area contributed by atoms with Crippen molar-refractivity contribution < 1.29 is 84.8 Å². The van der Waals surface area contributed by atoms with E-state index < -0.39 is 62.2 Å². The molecule has 0 spiro atoms. The molecule has 542 valence electrons. The van der Waals surface area contributed by atoms with Crippen LogP contribution in [0.5, 0.6) is 17.2 Å². The fraction of sp³-hybridized carbons (Fsp3) is 0.597. The molecule has 1 N–H and O–H groups in total. The van der Waals surface area contributed by atoms with Gasteiger partial charge in [0.05, 0.1) is 39.0 Å². The molecule has 4 saturated carbocycles. The number of hydrogen-bond acceptors (Lipinski definition) is 19. The Morgan fingerprint density at radius 2 is 1.05 bits per heavy atom. The van der Waals surface area contributed by atoms with Crippen LogP contribution in [0, 0.1) is 39.4 Å². The van der Waals surface area contributed by atoms with Gasteiger partial charge in [-0.15, -0.1) is 0 Å². The number of carbonyl (C=O) groups is 7. The monoisotopic (exact) mass is 1400 g/mol. The van der Waals surface area contributed by atoms with Gasteiger partial charge in [0.25, 0.3) is 0 Å². The molecular weight excluding hydrogens is 1290 g/mol. The summed E-state index contributed by atoms with van der Waals surface area (Å²) in [6.45, 7) is 32.2. The first-order chi connectivity index (χ1) is 45.8. The van der Waals surface area contributed by atoms with Crippen molar-refractivity contribution in [2.45, 2.75) is 226 Å². The van der Waals surface area contributed by atoms with Crippen molar-refractivity contribution in [1.82, 2.24) is 4.90 Å². The number of likely N-dealkylation sites (tertiary alicyclic amines) is 1. The third-order valence-electron chi connectivity index (χ3n) is 19.1. The van der Waals surface area contributed by atoms with Crippen molar-refractivity contribution in [1.29, 1.82) is 0 Å². The average molecular weight is 1400 g/mol. The second-order valence-electron chi connectivity index (χ2n) is 30.0. The van der Waals surface area contributed by atoms with Crippen molar-refractivity contribution >= 4 is 62.8 Å². The lowest BCUT2D eigenvalue weighted by atomic mass is 9.54. The Morgan fingerprint density at radius 1 is 0.592 bits per heavy atom. The van der Waals surface area contributed by atoms with Crippen molar-refractivity contribution in [2.24, 2.45) is 39.4 Å². The molecule has 0 aromatic heterocycles. The zero-order valence-electron chi connectivity index (χ0n) is 60.6. The first-order valence-corrected chi connectivity index (χ1v) is 37.4. The molecule has 2 saturated heterocycles. The van der Waals surface area contributed by atoms with Gasteiger partial charge >= 0.3 is 41.8 Å². The van der Waals surface area contributed by atoms with Gasteiger partial charge in [-0.3, -0.25) is 33.7 Å². The molecule has 2 aliphatic heterocycles. The van der Waals surface area contributed by atoms with Crippen LogP contribution in [0.3, 0.4) is 0 Å². The summed E-state index contributed by atoms with van der Waals surface area (Å²) < 4.78 is 68.1. The lowest BCUT2D eigenvalue weighted by Crippen LogP contribution is -2.53. The molecule has 2 heterocycles. The molecule has 0 amide bonds. The van der Waals surface area contributed by atoms with E-state index in [1.165, 1.54) is 48.3 Å². The summed E-state index contributed by atoms with van der Waals surface area (Å²) in [5, 5.41) is 9.87. The van der Waals surface area contributed by atoms with E-state index >= 15 is 0 Å². The van der Waals surface area contributed by atoms with Gasteiger partial charge in [0.1, 0.15) is 58.0 Å². The van der Waals surface area contributed by atoms with Crippen LogP contribution in [0.4, 0.5) is 0 Å². The summed E-state index contributed by atoms with van der Waals surface area (Å²) in [6.07, 6.45) is 12.8. The highest BCUT2D eigenvalue weighted by molar-refractivity contribution is 7.97. The van der Waals surface area contributed by atoms with Gasteiger partial charge < -0.3 is 42.8 Å². The van der Waals surface area contributed by atoms with Crippen molar-refractivity contribution in [3.63, 3.8) is 0 Å². The normalized spacial score (nSPS) is 19.8. The molecule has 4 aliphatic carbocycles. The second kappa shape index (κ2) is 36.5. The van der Waals surface area contributed by atoms with Crippen LogP contribution >= 0.6 is 0 Å². The van der Waals surface area contributed by atoms with Crippen LogP contribution in [0.1, 0.15) is 199 Å². The van der Waals surface area contributed by atoms with Crippen molar-refractivity contribution in [2.75, 3.05) is 45.2 Å². The molecule has 0 radical (unpaired) electrons. The van der Waals surface area contributed by atoms with E-state index in [1.807, 2.05) is 139 Å². The van der Waals surface area contributed by atoms with E-state index in [-0.39, 0.29) is 70.5 Å². The highest BCUT2D eigenvalue weighted by atomic mass is 32.2. The van der Waals surface area contributed by atoms with Crippen LogP contribution in [0.25, 0.3) is 0 Å². The van der Waals surface area contributed by atoms with Crippen LogP contribution in [0.15, 0.2) is 118 Å². The summed E-state index contributed by atoms with van der Waals surface area (Å²) in [4.78, 5) is 87.6. The Kier molecular flexibility index (Phi) is 30.5. The predicted octanol–water partition coefficient (Wildman–Crippen LogP) is 14.5. The Balaban J connectivity index is 0.000000229. The highest BCUT2D eigenvalue weighted by Crippen LogP contribution is 2.57. The van der Waals surface area contributed by atoms with E-state index in [0.717, 1.165) is 62.2 Å². The third kappa shape index (κ3) is 26.0. The number of benzene rings is 4. The van der Waals surface area contributed by atoms with Gasteiger partial charge in [0, 0.05) is 12.1 Å². The average Bonchev–Trinajstić information content (AvgIpc) is 0.799. The summed E-state index contributed by atoms with van der Waals surface area (Å²) >= 11 is 0. The number of piperidine rings is 1. The number of rotatable bonds is 22. The van der Waals surface area contributed by atoms with Crippen molar-refractivity contribution in [3.8, 4) is 17.2 Å². The first-order valence-electron chi connectivity index (χ1n) is 34.6. The number of hydrogen-bond donors (Lipinski definition) is 1. The molecule has 1 atom stereocenters. The topological polar surface area (TPSA) is 265 Å². The minimum atomic E-state index is -4.53. The molecule has 19 nitrogen and oxygen atoms in total. The largest absolute Gasteiger partial charge is 0.748 e. The van der Waals surface area contributed by atoms with Crippen LogP contribution in [-0.4, -0.2) is 122 Å². The van der Waals surface area contributed by atoms with Gasteiger partial charge in [0.15, 0.2) is 21.3 Å². The summed E-state index contributed by atoms with van der Waals surface area (Å²) in [5.74, 6) is -0.793. The van der Waals surface area contributed by atoms with Crippen LogP contribution < -0.4 is 9.47 Å². The number of phenolic OH excluding ortho intramolecular Hbond substituents is 1. The number of carbonyl (C=O) groups excluding carboxylic acids is 7. The molecule has 4 aromatic carbocycles. The number of cyclic esters (lactones) is 1. The van der Waals surface area contributed by atoms with Gasteiger partial charge in [-0.05, 0) is 235 Å². The number of ether oxygens (including phenoxy) is 7. The zero-order valence-corrected chi connectivity index (χ0v) is 62.3. The molecule has 21 heteroatoms. The quantitative estimate of drug-likeness (QED) is 0.0252. The Labute approximate surface area is 585 Å². The van der Waals surface area contributed by atoms with E-state index in [2.05, 4.69) is 29.2 Å². The third-order valence-corrected chi connectivity index (χ3v) is 21.9. The maximum atomic E-state index is 12.1. The maximum absolute atomic E-state index is 12.1. The number of esters is 7. The molecule has 1 unspecified atom stereocenters. The van der Waals surface area contributed by atoms with Gasteiger partial charge in [-0.25, -0.2) is 13.2 Å². The van der Waals surface area contributed by atoms with Crippen LogP contribution in [-0.2, 0) is 83.7 Å². The van der Waals surface area contributed by atoms with Crippen LogP contribution in [0.2, 0.25) is 0 Å². The standard InChI is InChI=1S/C26H27O4S.C16H24O3.C13H25NO2.C12H18O5S.C10H16O4/c1-4-26(2,3)25(28)29-19-24(27)30-20-15-17-23(18-16-20)31(21-11-7-5-8-12-21)22-13-9-6-10-14-22;1-7-16(5,6)14(18)19-11-8-9-13(17)12(10-11)15(2,3)4;1-4-13(2,3)12(15)16-11-10-14-8-6-5-7-9-14;13-11(7-18(14,15)16)17-12-4-8-1-9(5-12)3-10(2-8)6-12;1-4-10(2,3)9(12)14-7-5-8(11)13-6-7/h5-18H,4,19H2,1-3H3;8-10,17H,7H2,1-6H3;4-11H2,1-3H3;8-10H,1-7H2,(H,14,15,16);7H,4-6H2,1-3H3/q+1;;;;/p-1. The first kappa shape index (κ1) is 81.9. The minimum absolute atomic E-state index is 0.0630. The van der Waals surface area contributed by atoms with E-state index in [1.54, 1.807) is 44.2 Å². The fourth-order valence-corrected chi connectivity index (χ4v) is 14.2.